The number of nitrogens with one attached hydrogen (secondary N) is 2. The first-order chi connectivity index (χ1) is 8.13. The van der Waals surface area contributed by atoms with Crippen LogP contribution in [0.1, 0.15) is 25.7 Å². The van der Waals surface area contributed by atoms with E-state index in [0.717, 1.165) is 25.7 Å². The standard InChI is InChI=1S/C10H16ClN3O2S/c11-7-8-3-1-2-4-9(8)14-17(15,16)10-5-6-12-13-10/h5-6,8-9,14H,1-4,7H2,(H,12,13). The quantitative estimate of drug-likeness (QED) is 0.819. The van der Waals surface area contributed by atoms with E-state index < -0.39 is 10.0 Å². The highest BCUT2D eigenvalue weighted by atomic mass is 35.5. The van der Waals surface area contributed by atoms with Gasteiger partial charge >= 0.3 is 0 Å². The Morgan fingerprint density at radius 3 is 2.88 bits per heavy atom. The zero-order valence-corrected chi connectivity index (χ0v) is 11.0. The van der Waals surface area contributed by atoms with Gasteiger partial charge in [-0.3, -0.25) is 5.10 Å². The number of hydrogen-bond donors (Lipinski definition) is 2. The molecule has 1 heterocycles. The van der Waals surface area contributed by atoms with Crippen LogP contribution in [0.25, 0.3) is 0 Å². The Hall–Kier alpha value is -0.590. The molecule has 1 aliphatic carbocycles. The number of nitrogens with zero attached hydrogens (tertiary/aromatic N) is 1. The molecule has 0 aromatic carbocycles. The highest BCUT2D eigenvalue weighted by Gasteiger charge is 2.29. The van der Waals surface area contributed by atoms with Crippen molar-refractivity contribution in [1.29, 1.82) is 0 Å². The summed E-state index contributed by atoms with van der Waals surface area (Å²) in [6.45, 7) is 0. The van der Waals surface area contributed by atoms with Crippen LogP contribution in [0.15, 0.2) is 17.3 Å². The van der Waals surface area contributed by atoms with Gasteiger partial charge in [-0.1, -0.05) is 12.8 Å². The van der Waals surface area contributed by atoms with E-state index in [-0.39, 0.29) is 17.0 Å². The zero-order valence-electron chi connectivity index (χ0n) is 9.39. The van der Waals surface area contributed by atoms with Crippen molar-refractivity contribution in [2.45, 2.75) is 36.8 Å². The molecule has 17 heavy (non-hydrogen) atoms. The monoisotopic (exact) mass is 277 g/mol. The second kappa shape index (κ2) is 5.37. The van der Waals surface area contributed by atoms with Gasteiger partial charge < -0.3 is 0 Å². The Morgan fingerprint density at radius 2 is 2.24 bits per heavy atom. The molecule has 5 nitrogen and oxygen atoms in total. The van der Waals surface area contributed by atoms with Gasteiger partial charge in [-0.2, -0.15) is 5.10 Å². The van der Waals surface area contributed by atoms with E-state index in [1.165, 1.54) is 12.3 Å². The third kappa shape index (κ3) is 3.00. The second-order valence-corrected chi connectivity index (χ2v) is 6.34. The van der Waals surface area contributed by atoms with Crippen molar-refractivity contribution in [2.75, 3.05) is 5.88 Å². The summed E-state index contributed by atoms with van der Waals surface area (Å²) in [5, 5.41) is 6.22. The number of sulfonamides is 1. The minimum atomic E-state index is -3.49. The van der Waals surface area contributed by atoms with E-state index in [1.54, 1.807) is 0 Å². The first kappa shape index (κ1) is 12.9. The average Bonchev–Trinajstić information content (AvgIpc) is 2.83. The van der Waals surface area contributed by atoms with Crippen LogP contribution in [-0.2, 0) is 10.0 Å². The van der Waals surface area contributed by atoms with Crippen LogP contribution >= 0.6 is 11.6 Å². The molecule has 1 saturated carbocycles. The lowest BCUT2D eigenvalue weighted by molar-refractivity contribution is 0.313. The van der Waals surface area contributed by atoms with Crippen LogP contribution in [-0.4, -0.2) is 30.5 Å². The number of alkyl halides is 1. The van der Waals surface area contributed by atoms with Gasteiger partial charge in [-0.15, -0.1) is 11.6 Å². The highest BCUT2D eigenvalue weighted by molar-refractivity contribution is 7.89. The molecule has 0 saturated heterocycles. The normalized spacial score (nSPS) is 25.9. The Kier molecular flexibility index (Phi) is 4.06. The molecular weight excluding hydrogens is 262 g/mol. The van der Waals surface area contributed by atoms with Crippen LogP contribution in [0, 0.1) is 5.92 Å². The van der Waals surface area contributed by atoms with E-state index in [1.807, 2.05) is 0 Å². The minimum absolute atomic E-state index is 0.0606. The number of halogens is 1. The van der Waals surface area contributed by atoms with Gasteiger partial charge in [0.15, 0.2) is 5.03 Å². The predicted octanol–water partition coefficient (Wildman–Crippen LogP) is 1.49. The molecule has 1 aromatic rings. The van der Waals surface area contributed by atoms with Gasteiger partial charge in [-0.05, 0) is 24.8 Å². The van der Waals surface area contributed by atoms with E-state index in [9.17, 15) is 8.42 Å². The summed E-state index contributed by atoms with van der Waals surface area (Å²) < 4.78 is 26.7. The Bertz CT molecular complexity index is 446. The molecule has 2 unspecified atom stereocenters. The van der Waals surface area contributed by atoms with Gasteiger partial charge in [0.05, 0.1) is 6.20 Å². The van der Waals surface area contributed by atoms with Gasteiger partial charge in [0.2, 0.25) is 0 Å². The lowest BCUT2D eigenvalue weighted by Crippen LogP contribution is -2.42. The summed E-state index contributed by atoms with van der Waals surface area (Å²) >= 11 is 5.87. The molecule has 2 atom stereocenters. The lowest BCUT2D eigenvalue weighted by Gasteiger charge is -2.30. The third-order valence-corrected chi connectivity index (χ3v) is 4.99. The maximum absolute atomic E-state index is 12.0. The first-order valence-corrected chi connectivity index (χ1v) is 7.73. The first-order valence-electron chi connectivity index (χ1n) is 5.71. The fourth-order valence-electron chi connectivity index (χ4n) is 2.20. The third-order valence-electron chi connectivity index (χ3n) is 3.18. The zero-order chi connectivity index (χ0) is 12.3. The van der Waals surface area contributed by atoms with Crippen LogP contribution < -0.4 is 4.72 Å². The molecule has 2 rings (SSSR count). The van der Waals surface area contributed by atoms with Gasteiger partial charge in [0.25, 0.3) is 10.0 Å². The molecule has 2 N–H and O–H groups in total. The van der Waals surface area contributed by atoms with E-state index in [4.69, 9.17) is 11.6 Å². The van der Waals surface area contributed by atoms with Crippen LogP contribution in [0.3, 0.4) is 0 Å². The lowest BCUT2D eigenvalue weighted by atomic mass is 9.86. The average molecular weight is 278 g/mol. The highest BCUT2D eigenvalue weighted by Crippen LogP contribution is 2.26. The Balaban J connectivity index is 2.09. The molecule has 1 aliphatic rings. The van der Waals surface area contributed by atoms with Gasteiger partial charge in [-0.25, -0.2) is 13.1 Å². The van der Waals surface area contributed by atoms with Crippen LogP contribution in [0.5, 0.6) is 0 Å². The van der Waals surface area contributed by atoms with Crippen molar-refractivity contribution in [3.63, 3.8) is 0 Å². The number of hydrogen-bond acceptors (Lipinski definition) is 3. The molecule has 0 spiro atoms. The fraction of sp³-hybridized carbons (Fsp3) is 0.700. The largest absolute Gasteiger partial charge is 0.266 e. The number of aromatic amines is 1. The van der Waals surface area contributed by atoms with Crippen molar-refractivity contribution >= 4 is 21.6 Å². The second-order valence-electron chi connectivity index (χ2n) is 4.35. The van der Waals surface area contributed by atoms with Crippen molar-refractivity contribution in [1.82, 2.24) is 14.9 Å². The van der Waals surface area contributed by atoms with Crippen LogP contribution in [0.2, 0.25) is 0 Å². The fourth-order valence-corrected chi connectivity index (χ4v) is 3.82. The summed E-state index contributed by atoms with van der Waals surface area (Å²) in [7, 11) is -3.49. The molecule has 0 amide bonds. The summed E-state index contributed by atoms with van der Waals surface area (Å²) in [5.41, 5.74) is 0. The molecule has 1 aromatic heterocycles. The van der Waals surface area contributed by atoms with Crippen molar-refractivity contribution in [3.05, 3.63) is 12.3 Å². The summed E-state index contributed by atoms with van der Waals surface area (Å²) in [6.07, 6.45) is 5.43. The summed E-state index contributed by atoms with van der Waals surface area (Å²) in [5.74, 6) is 0.721. The van der Waals surface area contributed by atoms with Crippen molar-refractivity contribution < 1.29 is 8.42 Å². The Morgan fingerprint density at radius 1 is 1.47 bits per heavy atom. The SMILES string of the molecule is O=S(=O)(NC1CCCCC1CCl)c1ccn[nH]1. The number of aromatic nitrogens is 2. The Labute approximate surface area is 106 Å². The number of rotatable bonds is 4. The van der Waals surface area contributed by atoms with Crippen molar-refractivity contribution in [3.8, 4) is 0 Å². The van der Waals surface area contributed by atoms with Crippen molar-refractivity contribution in [2.24, 2.45) is 5.92 Å². The van der Waals surface area contributed by atoms with Gasteiger partial charge in [0.1, 0.15) is 0 Å². The predicted molar refractivity (Wildman–Crippen MR) is 65.4 cm³/mol. The topological polar surface area (TPSA) is 74.8 Å². The maximum Gasteiger partial charge on any atom is 0.257 e. The summed E-state index contributed by atoms with van der Waals surface area (Å²) in [4.78, 5) is 0. The number of H-pyrrole nitrogens is 1. The van der Waals surface area contributed by atoms with Gasteiger partial charge in [0, 0.05) is 11.9 Å². The maximum atomic E-state index is 12.0. The van der Waals surface area contributed by atoms with E-state index in [2.05, 4.69) is 14.9 Å². The van der Waals surface area contributed by atoms with E-state index >= 15 is 0 Å². The molecule has 0 bridgehead atoms. The van der Waals surface area contributed by atoms with Crippen LogP contribution in [0.4, 0.5) is 0 Å². The molecule has 96 valence electrons. The molecule has 0 radical (unpaired) electrons. The summed E-state index contributed by atoms with van der Waals surface area (Å²) in [6, 6.07) is 1.38. The molecule has 7 heteroatoms. The molecular formula is C10H16ClN3O2S. The minimum Gasteiger partial charge on any atom is -0.266 e. The smallest absolute Gasteiger partial charge is 0.257 e. The molecule has 0 aliphatic heterocycles. The van der Waals surface area contributed by atoms with E-state index in [0.29, 0.717) is 5.88 Å². The molecule has 1 fully saturated rings.